The number of nitrogens with zero attached hydrogens (tertiary/aromatic N) is 2. The molecule has 0 bridgehead atoms. The lowest BCUT2D eigenvalue weighted by atomic mass is 9.75. The highest BCUT2D eigenvalue weighted by Crippen LogP contribution is 2.61. The Balaban J connectivity index is 1.93. The molecule has 0 fully saturated rings. The topological polar surface area (TPSA) is 72.7 Å². The highest BCUT2D eigenvalue weighted by molar-refractivity contribution is 5.94. The van der Waals surface area contributed by atoms with Crippen LogP contribution in [0.15, 0.2) is 60.2 Å². The van der Waals surface area contributed by atoms with E-state index < -0.39 is 16.4 Å². The molecule has 0 radical (unpaired) electrons. The monoisotopic (exact) mass is 364 g/mol. The maximum atomic E-state index is 12.6. The van der Waals surface area contributed by atoms with E-state index >= 15 is 0 Å². The molecule has 2 aliphatic rings. The Morgan fingerprint density at radius 3 is 2.56 bits per heavy atom. The zero-order valence-electron chi connectivity index (χ0n) is 15.4. The number of nitro groups is 1. The van der Waals surface area contributed by atoms with E-state index in [1.54, 1.807) is 12.1 Å². The van der Waals surface area contributed by atoms with Gasteiger partial charge in [-0.25, -0.2) is 4.79 Å². The first kappa shape index (κ1) is 17.3. The fourth-order valence-corrected chi connectivity index (χ4v) is 4.67. The van der Waals surface area contributed by atoms with Gasteiger partial charge in [0.25, 0.3) is 5.69 Å². The van der Waals surface area contributed by atoms with Crippen LogP contribution < -0.4 is 4.90 Å². The van der Waals surface area contributed by atoms with Crippen molar-refractivity contribution < 1.29 is 14.5 Å². The second-order valence-corrected chi connectivity index (χ2v) is 7.22. The van der Waals surface area contributed by atoms with Crippen molar-refractivity contribution in [2.24, 2.45) is 0 Å². The standard InChI is InChI=1S/C21H20N2O4/c1-21-17(13-7-5-4-6-8-13)12-16(20(24)27-3)19(21)15-11-14(23(25)26)9-10-18(15)22(21)2/h4-12,17,19H,1-3H3/t17-,19+,21-/m1/s1. The molecule has 3 atom stereocenters. The summed E-state index contributed by atoms with van der Waals surface area (Å²) in [6, 6.07) is 14.9. The van der Waals surface area contributed by atoms with Gasteiger partial charge in [0.05, 0.1) is 17.6 Å². The molecule has 1 heterocycles. The van der Waals surface area contributed by atoms with E-state index in [9.17, 15) is 14.9 Å². The average Bonchev–Trinajstić information content (AvgIpc) is 3.11. The lowest BCUT2D eigenvalue weighted by Gasteiger charge is -2.40. The van der Waals surface area contributed by atoms with Gasteiger partial charge in [-0.05, 0) is 24.1 Å². The molecule has 6 heteroatoms. The van der Waals surface area contributed by atoms with Crippen LogP contribution in [-0.2, 0) is 9.53 Å². The molecule has 1 aliphatic heterocycles. The molecule has 27 heavy (non-hydrogen) atoms. The summed E-state index contributed by atoms with van der Waals surface area (Å²) in [5.41, 5.74) is 2.92. The van der Waals surface area contributed by atoms with Crippen molar-refractivity contribution in [1.29, 1.82) is 0 Å². The van der Waals surface area contributed by atoms with Gasteiger partial charge >= 0.3 is 5.97 Å². The fourth-order valence-electron chi connectivity index (χ4n) is 4.67. The van der Waals surface area contributed by atoms with Crippen molar-refractivity contribution in [3.63, 3.8) is 0 Å². The summed E-state index contributed by atoms with van der Waals surface area (Å²) in [6.45, 7) is 2.10. The number of benzene rings is 2. The third kappa shape index (κ3) is 2.29. The van der Waals surface area contributed by atoms with Gasteiger partial charge < -0.3 is 9.64 Å². The molecule has 4 rings (SSSR count). The van der Waals surface area contributed by atoms with Crippen LogP contribution in [0.5, 0.6) is 0 Å². The van der Waals surface area contributed by atoms with Crippen LogP contribution in [0.3, 0.4) is 0 Å². The van der Waals surface area contributed by atoms with Crippen molar-refractivity contribution in [1.82, 2.24) is 0 Å². The number of esters is 1. The number of rotatable bonds is 3. The highest BCUT2D eigenvalue weighted by Gasteiger charge is 2.58. The predicted octanol–water partition coefficient (Wildman–Crippen LogP) is 3.78. The molecule has 6 nitrogen and oxygen atoms in total. The molecular weight excluding hydrogens is 344 g/mol. The first-order valence-electron chi connectivity index (χ1n) is 8.76. The Labute approximate surface area is 157 Å². The van der Waals surface area contributed by atoms with Crippen LogP contribution in [0, 0.1) is 10.1 Å². The van der Waals surface area contributed by atoms with Crippen LogP contribution >= 0.6 is 0 Å². The van der Waals surface area contributed by atoms with Crippen molar-refractivity contribution in [2.75, 3.05) is 19.1 Å². The van der Waals surface area contributed by atoms with E-state index in [4.69, 9.17) is 4.74 Å². The lowest BCUT2D eigenvalue weighted by molar-refractivity contribution is -0.384. The summed E-state index contributed by atoms with van der Waals surface area (Å²) in [5, 5.41) is 11.3. The van der Waals surface area contributed by atoms with E-state index in [-0.39, 0.29) is 17.5 Å². The van der Waals surface area contributed by atoms with Crippen LogP contribution in [-0.4, -0.2) is 30.6 Å². The summed E-state index contributed by atoms with van der Waals surface area (Å²) >= 11 is 0. The van der Waals surface area contributed by atoms with E-state index in [0.29, 0.717) is 5.57 Å². The minimum Gasteiger partial charge on any atom is -0.466 e. The van der Waals surface area contributed by atoms with Crippen molar-refractivity contribution in [2.45, 2.75) is 24.3 Å². The molecule has 138 valence electrons. The SMILES string of the molecule is COC(=O)C1=C[C@H](c2ccccc2)[C@]2(C)[C@H]1c1cc([N+](=O)[O-])ccc1N2C. The Bertz CT molecular complexity index is 969. The van der Waals surface area contributed by atoms with Crippen molar-refractivity contribution >= 4 is 17.3 Å². The number of non-ortho nitro benzene ring substituents is 1. The number of anilines is 1. The number of hydrogen-bond donors (Lipinski definition) is 0. The third-order valence-electron chi connectivity index (χ3n) is 6.07. The molecule has 0 amide bonds. The minimum absolute atomic E-state index is 0.0266. The Morgan fingerprint density at radius 2 is 1.93 bits per heavy atom. The van der Waals surface area contributed by atoms with Crippen LogP contribution in [0.2, 0.25) is 0 Å². The van der Waals surface area contributed by atoms with E-state index in [2.05, 4.69) is 11.8 Å². The molecule has 2 aromatic carbocycles. The average molecular weight is 364 g/mol. The second-order valence-electron chi connectivity index (χ2n) is 7.22. The summed E-state index contributed by atoms with van der Waals surface area (Å²) in [6.07, 6.45) is 1.96. The fraction of sp³-hybridized carbons (Fsp3) is 0.286. The number of carbonyl (C=O) groups is 1. The molecule has 0 unspecified atom stereocenters. The first-order chi connectivity index (χ1) is 12.9. The summed E-state index contributed by atoms with van der Waals surface area (Å²) in [5.74, 6) is -0.735. The predicted molar refractivity (Wildman–Crippen MR) is 102 cm³/mol. The number of hydrogen-bond acceptors (Lipinski definition) is 5. The van der Waals surface area contributed by atoms with Gasteiger partial charge in [0.2, 0.25) is 0 Å². The van der Waals surface area contributed by atoms with Gasteiger partial charge in [-0.1, -0.05) is 36.4 Å². The molecule has 0 saturated heterocycles. The van der Waals surface area contributed by atoms with Gasteiger partial charge in [0, 0.05) is 42.3 Å². The zero-order valence-corrected chi connectivity index (χ0v) is 15.4. The molecular formula is C21H20N2O4. The van der Waals surface area contributed by atoms with Gasteiger partial charge in [0.15, 0.2) is 0 Å². The van der Waals surface area contributed by atoms with E-state index in [0.717, 1.165) is 16.8 Å². The molecule has 0 aromatic heterocycles. The molecule has 0 spiro atoms. The second kappa shape index (κ2) is 5.94. The van der Waals surface area contributed by atoms with Crippen LogP contribution in [0.25, 0.3) is 0 Å². The van der Waals surface area contributed by atoms with Crippen molar-refractivity contribution in [3.05, 3.63) is 81.4 Å². The van der Waals surface area contributed by atoms with Crippen LogP contribution in [0.1, 0.15) is 29.9 Å². The normalized spacial score (nSPS) is 25.6. The third-order valence-corrected chi connectivity index (χ3v) is 6.07. The highest BCUT2D eigenvalue weighted by atomic mass is 16.6. The van der Waals surface area contributed by atoms with Gasteiger partial charge in [-0.3, -0.25) is 10.1 Å². The molecule has 0 saturated carbocycles. The molecule has 1 aliphatic carbocycles. The number of likely N-dealkylation sites (N-methyl/N-ethyl adjacent to an activating group) is 1. The molecule has 0 N–H and O–H groups in total. The number of nitro benzene ring substituents is 1. The van der Waals surface area contributed by atoms with Crippen LogP contribution in [0.4, 0.5) is 11.4 Å². The maximum Gasteiger partial charge on any atom is 0.334 e. The first-order valence-corrected chi connectivity index (χ1v) is 8.76. The Kier molecular flexibility index (Phi) is 3.80. The summed E-state index contributed by atoms with van der Waals surface area (Å²) in [4.78, 5) is 25.6. The van der Waals surface area contributed by atoms with Gasteiger partial charge in [-0.2, -0.15) is 0 Å². The summed E-state index contributed by atoms with van der Waals surface area (Å²) in [7, 11) is 3.35. The minimum atomic E-state index is -0.456. The number of ether oxygens (including phenoxy) is 1. The van der Waals surface area contributed by atoms with E-state index in [1.807, 2.05) is 43.5 Å². The Hall–Kier alpha value is -3.15. The maximum absolute atomic E-state index is 12.6. The largest absolute Gasteiger partial charge is 0.466 e. The molecule has 2 aromatic rings. The van der Waals surface area contributed by atoms with Gasteiger partial charge in [-0.15, -0.1) is 0 Å². The van der Waals surface area contributed by atoms with Crippen molar-refractivity contribution in [3.8, 4) is 0 Å². The quantitative estimate of drug-likeness (QED) is 0.471. The lowest BCUT2D eigenvalue weighted by Crippen LogP contribution is -2.46. The summed E-state index contributed by atoms with van der Waals surface area (Å²) < 4.78 is 5.04. The van der Waals surface area contributed by atoms with E-state index in [1.165, 1.54) is 13.2 Å². The number of methoxy groups -OCH3 is 1. The zero-order chi connectivity index (χ0) is 19.3. The van der Waals surface area contributed by atoms with Gasteiger partial charge in [0.1, 0.15) is 0 Å². The Morgan fingerprint density at radius 1 is 1.22 bits per heavy atom. The number of fused-ring (bicyclic) bond motifs is 3. The number of carbonyl (C=O) groups excluding carboxylic acids is 1. The smallest absolute Gasteiger partial charge is 0.334 e.